The lowest BCUT2D eigenvalue weighted by Gasteiger charge is -2.58. The number of esters is 1. The number of fused-ring (bicyclic) bond motifs is 5. The summed E-state index contributed by atoms with van der Waals surface area (Å²) in [6.45, 7) is 12.7. The van der Waals surface area contributed by atoms with Crippen molar-refractivity contribution in [2.75, 3.05) is 0 Å². The van der Waals surface area contributed by atoms with Crippen molar-refractivity contribution in [2.24, 2.45) is 46.3 Å². The van der Waals surface area contributed by atoms with E-state index in [0.717, 1.165) is 48.3 Å². The van der Waals surface area contributed by atoms with Crippen LogP contribution in [0, 0.1) is 46.3 Å². The summed E-state index contributed by atoms with van der Waals surface area (Å²) in [6.07, 6.45) is 25.6. The zero-order valence-electron chi connectivity index (χ0n) is 27.8. The molecule has 0 heterocycles. The lowest BCUT2D eigenvalue weighted by atomic mass is 9.47. The fourth-order valence-corrected chi connectivity index (χ4v) is 10.7. The minimum atomic E-state index is -0.157. The van der Waals surface area contributed by atoms with Gasteiger partial charge in [0.25, 0.3) is 0 Å². The van der Waals surface area contributed by atoms with E-state index in [1.165, 1.54) is 96.3 Å². The molecule has 2 nitrogen and oxygen atoms in total. The van der Waals surface area contributed by atoms with Gasteiger partial charge in [0.15, 0.2) is 0 Å². The van der Waals surface area contributed by atoms with Gasteiger partial charge in [0, 0.05) is 6.42 Å². The fourth-order valence-electron chi connectivity index (χ4n) is 10.7. The van der Waals surface area contributed by atoms with Crippen LogP contribution in [0.3, 0.4) is 0 Å². The van der Waals surface area contributed by atoms with Gasteiger partial charge in [-0.15, -0.1) is 0 Å². The Morgan fingerprint density at radius 2 is 1.64 bits per heavy atom. The van der Waals surface area contributed by atoms with E-state index in [1.54, 1.807) is 5.57 Å². The highest BCUT2D eigenvalue weighted by Gasteiger charge is 2.59. The standard InChI is InChI=1S/C40H62O2/c1-6-7-8-9-11-15-29(2)16-14-17-30(3)35-22-23-36-34-21-20-32-28-33(42-38(41)31-18-12-10-13-19-31)24-26-39(32,4)37(34)25-27-40(35,36)5/h10,12-13,18-20,29-30,33-37H,6-9,11,14-17,21-28H2,1-5H3/t29?,30?,33-,34-,35+,36-,37-,39-,40+/m0/s1. The van der Waals surface area contributed by atoms with Crippen molar-refractivity contribution in [2.45, 2.75) is 150 Å². The summed E-state index contributed by atoms with van der Waals surface area (Å²) >= 11 is 0. The highest BCUT2D eigenvalue weighted by atomic mass is 16.5. The Balaban J connectivity index is 1.14. The summed E-state index contributed by atoms with van der Waals surface area (Å²) in [7, 11) is 0. The molecule has 42 heavy (non-hydrogen) atoms. The van der Waals surface area contributed by atoms with Gasteiger partial charge in [-0.25, -0.2) is 4.79 Å². The third-order valence-corrected chi connectivity index (χ3v) is 13.3. The SMILES string of the molecule is CCCCCCCC(C)CCCC(C)[C@H]1CC[C@H]2[C@@H]3CC=C4C[C@@H](OC(=O)c5ccccc5)CC[C@]4(C)[C@H]3CC[C@]12C. The Bertz CT molecular complexity index is 1040. The normalized spacial score (nSPS) is 35.4. The highest BCUT2D eigenvalue weighted by Crippen LogP contribution is 2.67. The molecule has 9 atom stereocenters. The molecule has 0 bridgehead atoms. The van der Waals surface area contributed by atoms with Gasteiger partial charge >= 0.3 is 5.97 Å². The van der Waals surface area contributed by atoms with Crippen LogP contribution in [0.25, 0.3) is 0 Å². The topological polar surface area (TPSA) is 26.3 Å². The molecule has 5 rings (SSSR count). The lowest BCUT2D eigenvalue weighted by Crippen LogP contribution is -2.51. The third kappa shape index (κ3) is 6.73. The number of rotatable bonds is 13. The Morgan fingerprint density at radius 3 is 2.43 bits per heavy atom. The maximum absolute atomic E-state index is 12.8. The largest absolute Gasteiger partial charge is 0.458 e. The van der Waals surface area contributed by atoms with Crippen LogP contribution in [0.1, 0.15) is 154 Å². The van der Waals surface area contributed by atoms with E-state index in [9.17, 15) is 4.79 Å². The molecule has 1 aromatic rings. The fraction of sp³-hybridized carbons (Fsp3) is 0.775. The molecule has 2 heteroatoms. The Hall–Kier alpha value is -1.57. The Kier molecular flexibility index (Phi) is 10.6. The maximum atomic E-state index is 12.8. The number of benzene rings is 1. The van der Waals surface area contributed by atoms with Gasteiger partial charge in [0.1, 0.15) is 6.10 Å². The zero-order valence-corrected chi connectivity index (χ0v) is 27.8. The average Bonchev–Trinajstić information content (AvgIpc) is 3.35. The van der Waals surface area contributed by atoms with Crippen LogP contribution in [-0.4, -0.2) is 12.1 Å². The molecule has 0 saturated heterocycles. The van der Waals surface area contributed by atoms with E-state index < -0.39 is 0 Å². The van der Waals surface area contributed by atoms with Gasteiger partial charge in [-0.05, 0) is 103 Å². The summed E-state index contributed by atoms with van der Waals surface area (Å²) in [6, 6.07) is 9.52. The first-order valence-electron chi connectivity index (χ1n) is 18.2. The summed E-state index contributed by atoms with van der Waals surface area (Å²) in [5.41, 5.74) is 3.12. The number of carbonyl (C=O) groups is 1. The van der Waals surface area contributed by atoms with Crippen LogP contribution in [-0.2, 0) is 4.74 Å². The number of hydrogen-bond acceptors (Lipinski definition) is 2. The molecule has 0 aromatic heterocycles. The van der Waals surface area contributed by atoms with E-state index in [4.69, 9.17) is 4.74 Å². The van der Waals surface area contributed by atoms with Crippen molar-refractivity contribution in [1.29, 1.82) is 0 Å². The summed E-state index contributed by atoms with van der Waals surface area (Å²) in [5, 5.41) is 0. The molecular formula is C40H62O2. The first kappa shape index (κ1) is 31.8. The van der Waals surface area contributed by atoms with Crippen LogP contribution >= 0.6 is 0 Å². The van der Waals surface area contributed by atoms with Gasteiger partial charge in [-0.2, -0.15) is 0 Å². The lowest BCUT2D eigenvalue weighted by molar-refractivity contribution is -0.0594. The molecule has 0 N–H and O–H groups in total. The number of ether oxygens (including phenoxy) is 1. The molecule has 0 spiro atoms. The average molecular weight is 575 g/mol. The van der Waals surface area contributed by atoms with E-state index in [2.05, 4.69) is 40.7 Å². The van der Waals surface area contributed by atoms with E-state index in [0.29, 0.717) is 16.4 Å². The first-order valence-corrected chi connectivity index (χ1v) is 18.2. The summed E-state index contributed by atoms with van der Waals surface area (Å²) < 4.78 is 6.03. The number of hydrogen-bond donors (Lipinski definition) is 0. The highest BCUT2D eigenvalue weighted by molar-refractivity contribution is 5.89. The molecule has 234 valence electrons. The van der Waals surface area contributed by atoms with Gasteiger partial charge < -0.3 is 4.74 Å². The second-order valence-electron chi connectivity index (χ2n) is 15.8. The second kappa shape index (κ2) is 14.0. The van der Waals surface area contributed by atoms with Crippen molar-refractivity contribution in [3.63, 3.8) is 0 Å². The van der Waals surface area contributed by atoms with Crippen molar-refractivity contribution < 1.29 is 9.53 Å². The predicted octanol–water partition coefficient (Wildman–Crippen LogP) is 11.6. The van der Waals surface area contributed by atoms with Crippen LogP contribution in [0.5, 0.6) is 0 Å². The summed E-state index contributed by atoms with van der Waals surface area (Å²) in [4.78, 5) is 12.8. The number of unbranched alkanes of at least 4 members (excludes halogenated alkanes) is 4. The summed E-state index contributed by atoms with van der Waals surface area (Å²) in [5.74, 6) is 5.10. The van der Waals surface area contributed by atoms with Crippen LogP contribution < -0.4 is 0 Å². The van der Waals surface area contributed by atoms with E-state index in [1.807, 2.05) is 30.3 Å². The van der Waals surface area contributed by atoms with Gasteiger partial charge in [-0.3, -0.25) is 0 Å². The molecule has 3 fully saturated rings. The Labute approximate surface area is 258 Å². The monoisotopic (exact) mass is 574 g/mol. The first-order chi connectivity index (χ1) is 20.3. The number of allylic oxidation sites excluding steroid dienone is 1. The van der Waals surface area contributed by atoms with Crippen LogP contribution in [0.4, 0.5) is 0 Å². The second-order valence-corrected chi connectivity index (χ2v) is 15.8. The Morgan fingerprint density at radius 1 is 0.881 bits per heavy atom. The predicted molar refractivity (Wildman–Crippen MR) is 176 cm³/mol. The van der Waals surface area contributed by atoms with Gasteiger partial charge in [0.05, 0.1) is 5.56 Å². The van der Waals surface area contributed by atoms with Crippen LogP contribution in [0.2, 0.25) is 0 Å². The van der Waals surface area contributed by atoms with Crippen molar-refractivity contribution in [3.05, 3.63) is 47.5 Å². The van der Waals surface area contributed by atoms with Gasteiger partial charge in [0.2, 0.25) is 0 Å². The quantitative estimate of drug-likeness (QED) is 0.133. The molecule has 3 saturated carbocycles. The van der Waals surface area contributed by atoms with Crippen molar-refractivity contribution in [1.82, 2.24) is 0 Å². The molecule has 2 unspecified atom stereocenters. The minimum absolute atomic E-state index is 0.0305. The third-order valence-electron chi connectivity index (χ3n) is 13.3. The molecule has 4 aliphatic rings. The van der Waals surface area contributed by atoms with Gasteiger partial charge in [-0.1, -0.05) is 122 Å². The molecule has 4 aliphatic carbocycles. The van der Waals surface area contributed by atoms with E-state index in [-0.39, 0.29) is 12.1 Å². The van der Waals surface area contributed by atoms with Crippen molar-refractivity contribution in [3.8, 4) is 0 Å². The smallest absolute Gasteiger partial charge is 0.338 e. The maximum Gasteiger partial charge on any atom is 0.338 e. The molecule has 0 amide bonds. The molecule has 1 aromatic carbocycles. The van der Waals surface area contributed by atoms with Crippen molar-refractivity contribution >= 4 is 5.97 Å². The minimum Gasteiger partial charge on any atom is -0.458 e. The van der Waals surface area contributed by atoms with Crippen LogP contribution in [0.15, 0.2) is 42.0 Å². The number of carbonyl (C=O) groups excluding carboxylic acids is 1. The zero-order chi connectivity index (χ0) is 29.7. The molecule has 0 radical (unpaired) electrons. The molecule has 0 aliphatic heterocycles. The molecular weight excluding hydrogens is 512 g/mol. The van der Waals surface area contributed by atoms with E-state index >= 15 is 0 Å².